The Morgan fingerprint density at radius 3 is 2.33 bits per heavy atom. The second-order valence-corrected chi connectivity index (χ2v) is 16.4. The first kappa shape index (κ1) is 38.3. The monoisotopic (exact) mass is 780 g/mol. The number of fused-ring (bicyclic) bond motifs is 1. The average Bonchev–Trinajstić information content (AvgIpc) is 3.50. The van der Waals surface area contributed by atoms with Gasteiger partial charge in [0.1, 0.15) is 0 Å². The second kappa shape index (κ2) is 16.0. The molecular formula is C37H46F2N10O5S. The number of alkyl halides is 2. The number of likely N-dealkylation sites (tertiary alicyclic amines) is 1. The van der Waals surface area contributed by atoms with Crippen LogP contribution in [0.3, 0.4) is 0 Å². The van der Waals surface area contributed by atoms with Crippen molar-refractivity contribution in [1.29, 1.82) is 0 Å². The molecular weight excluding hydrogens is 735 g/mol. The summed E-state index contributed by atoms with van der Waals surface area (Å²) in [6, 6.07) is 13.1. The Balaban J connectivity index is 0.885. The molecule has 3 saturated heterocycles. The number of anilines is 3. The second-order valence-electron chi connectivity index (χ2n) is 14.5. The number of benzene rings is 2. The quantitative estimate of drug-likeness (QED) is 0.210. The SMILES string of the molecule is CC(CN1CCC(c2ccc3c(N4CCC(=O)NC4=O)nn(C)c3c2)CC1)N(C)c1ccc(S(=O)(=O)N2CCC(Nc3ncc(OC(F)F)cn3)CC2)cc1. The van der Waals surface area contributed by atoms with Crippen LogP contribution in [0.5, 0.6) is 5.75 Å². The number of sulfonamides is 1. The molecule has 0 bridgehead atoms. The molecule has 294 valence electrons. The molecule has 0 spiro atoms. The lowest BCUT2D eigenvalue weighted by Crippen LogP contribution is -2.49. The summed E-state index contributed by atoms with van der Waals surface area (Å²) in [4.78, 5) is 38.6. The van der Waals surface area contributed by atoms with Gasteiger partial charge in [0.15, 0.2) is 11.6 Å². The first-order valence-electron chi connectivity index (χ1n) is 18.5. The molecule has 5 heterocycles. The highest BCUT2D eigenvalue weighted by Crippen LogP contribution is 2.34. The molecule has 7 rings (SSSR count). The van der Waals surface area contributed by atoms with Gasteiger partial charge in [-0.15, -0.1) is 0 Å². The minimum Gasteiger partial charge on any atom is -0.432 e. The van der Waals surface area contributed by atoms with Crippen LogP contribution in [0.25, 0.3) is 10.9 Å². The van der Waals surface area contributed by atoms with Gasteiger partial charge in [0.25, 0.3) is 0 Å². The maximum atomic E-state index is 13.5. The van der Waals surface area contributed by atoms with E-state index in [0.717, 1.165) is 49.1 Å². The number of amides is 3. The minimum absolute atomic E-state index is 0.0618. The standard InChI is InChI=1S/C37H46F2N10O5S/c1-24(23-47-15-10-25(11-16-47)26-4-9-31-32(20-26)46(3)44-34(31)49-19-14-33(50)43-37(49)51)45(2)28-5-7-30(8-6-28)55(52,53)48-17-12-27(13-18-48)42-36-40-21-29(22-41-36)54-35(38)39/h4-9,20-22,24-25,27,35H,10-19,23H2,1-3H3,(H,40,41,42)(H,43,50,51). The van der Waals surface area contributed by atoms with Gasteiger partial charge < -0.3 is 19.9 Å². The molecule has 15 nitrogen and oxygen atoms in total. The highest BCUT2D eigenvalue weighted by molar-refractivity contribution is 7.89. The van der Waals surface area contributed by atoms with E-state index < -0.39 is 22.7 Å². The molecule has 55 heavy (non-hydrogen) atoms. The van der Waals surface area contributed by atoms with Gasteiger partial charge in [-0.1, -0.05) is 6.07 Å². The summed E-state index contributed by atoms with van der Waals surface area (Å²) in [6.07, 6.45) is 5.70. The Kier molecular flexibility index (Phi) is 11.2. The summed E-state index contributed by atoms with van der Waals surface area (Å²) in [6.45, 7) is 2.96. The molecule has 1 atom stereocenters. The molecule has 3 aliphatic rings. The average molecular weight is 781 g/mol. The van der Waals surface area contributed by atoms with Gasteiger partial charge in [0.2, 0.25) is 21.9 Å². The van der Waals surface area contributed by atoms with Crippen LogP contribution >= 0.6 is 0 Å². The van der Waals surface area contributed by atoms with Crippen LogP contribution in [0.2, 0.25) is 0 Å². The summed E-state index contributed by atoms with van der Waals surface area (Å²) < 4.78 is 59.4. The largest absolute Gasteiger partial charge is 0.432 e. The van der Waals surface area contributed by atoms with E-state index in [2.05, 4.69) is 59.3 Å². The normalized spacial score (nSPS) is 18.8. The zero-order valence-corrected chi connectivity index (χ0v) is 31.9. The van der Waals surface area contributed by atoms with Gasteiger partial charge in [0, 0.05) is 69.9 Å². The zero-order chi connectivity index (χ0) is 38.9. The molecule has 4 aromatic rings. The number of aryl methyl sites for hydroxylation is 1. The fourth-order valence-electron chi connectivity index (χ4n) is 7.65. The van der Waals surface area contributed by atoms with E-state index in [9.17, 15) is 26.8 Å². The number of rotatable bonds is 12. The molecule has 2 N–H and O–H groups in total. The Morgan fingerprint density at radius 1 is 0.982 bits per heavy atom. The van der Waals surface area contributed by atoms with Gasteiger partial charge in [-0.3, -0.25) is 19.7 Å². The summed E-state index contributed by atoms with van der Waals surface area (Å²) >= 11 is 0. The summed E-state index contributed by atoms with van der Waals surface area (Å²) in [5.41, 5.74) is 3.14. The van der Waals surface area contributed by atoms with E-state index in [1.54, 1.807) is 16.8 Å². The fourth-order valence-corrected chi connectivity index (χ4v) is 9.12. The van der Waals surface area contributed by atoms with Crippen molar-refractivity contribution >= 4 is 50.3 Å². The smallest absolute Gasteiger partial charge is 0.387 e. The number of nitrogens with one attached hydrogen (secondary N) is 2. The molecule has 3 amide bonds. The van der Waals surface area contributed by atoms with Gasteiger partial charge in [-0.2, -0.15) is 18.2 Å². The predicted octanol–water partition coefficient (Wildman–Crippen LogP) is 4.38. The molecule has 3 fully saturated rings. The van der Waals surface area contributed by atoms with E-state index in [0.29, 0.717) is 44.2 Å². The van der Waals surface area contributed by atoms with Crippen LogP contribution in [-0.4, -0.2) is 114 Å². The van der Waals surface area contributed by atoms with Crippen molar-refractivity contribution in [2.75, 3.05) is 61.4 Å². The number of urea groups is 1. The summed E-state index contributed by atoms with van der Waals surface area (Å²) in [5, 5.41) is 11.0. The van der Waals surface area contributed by atoms with E-state index in [1.165, 1.54) is 27.2 Å². The maximum Gasteiger partial charge on any atom is 0.387 e. The zero-order valence-electron chi connectivity index (χ0n) is 31.1. The molecule has 0 aliphatic carbocycles. The lowest BCUT2D eigenvalue weighted by atomic mass is 9.89. The first-order valence-corrected chi connectivity index (χ1v) is 20.0. The third-order valence-corrected chi connectivity index (χ3v) is 12.8. The highest BCUT2D eigenvalue weighted by Gasteiger charge is 2.31. The number of hydrogen-bond donors (Lipinski definition) is 2. The van der Waals surface area contributed by atoms with Crippen LogP contribution in [0.1, 0.15) is 50.5 Å². The predicted molar refractivity (Wildman–Crippen MR) is 203 cm³/mol. The number of halogens is 2. The third kappa shape index (κ3) is 8.50. The van der Waals surface area contributed by atoms with Crippen molar-refractivity contribution < 1.29 is 31.5 Å². The van der Waals surface area contributed by atoms with Crippen molar-refractivity contribution in [3.05, 3.63) is 60.4 Å². The lowest BCUT2D eigenvalue weighted by Gasteiger charge is -2.37. The van der Waals surface area contributed by atoms with E-state index in [1.807, 2.05) is 32.3 Å². The number of carbonyl (C=O) groups is 2. The number of piperidine rings is 2. The minimum atomic E-state index is -3.69. The number of hydrogen-bond acceptors (Lipinski definition) is 11. The number of likely N-dealkylation sites (N-methyl/N-ethyl adjacent to an activating group) is 1. The summed E-state index contributed by atoms with van der Waals surface area (Å²) in [5.74, 6) is 0.832. The Bertz CT molecular complexity index is 2100. The third-order valence-electron chi connectivity index (χ3n) is 10.9. The molecule has 0 saturated carbocycles. The molecule has 2 aromatic heterocycles. The molecule has 1 unspecified atom stereocenters. The van der Waals surface area contributed by atoms with Crippen molar-refractivity contribution in [3.8, 4) is 5.75 Å². The van der Waals surface area contributed by atoms with Crippen LogP contribution in [0.4, 0.5) is 31.0 Å². The first-order chi connectivity index (χ1) is 26.3. The number of aromatic nitrogens is 4. The van der Waals surface area contributed by atoms with Crippen LogP contribution in [-0.2, 0) is 21.9 Å². The number of carbonyl (C=O) groups excluding carboxylic acids is 2. The lowest BCUT2D eigenvalue weighted by molar-refractivity contribution is -0.120. The Morgan fingerprint density at radius 2 is 1.67 bits per heavy atom. The topological polar surface area (TPSA) is 158 Å². The maximum absolute atomic E-state index is 13.5. The molecule has 2 aromatic carbocycles. The van der Waals surface area contributed by atoms with Gasteiger partial charge in [0.05, 0.1) is 22.8 Å². The Labute approximate surface area is 318 Å². The van der Waals surface area contributed by atoms with Gasteiger partial charge >= 0.3 is 12.6 Å². The van der Waals surface area contributed by atoms with E-state index >= 15 is 0 Å². The van der Waals surface area contributed by atoms with Crippen molar-refractivity contribution in [2.24, 2.45) is 7.05 Å². The van der Waals surface area contributed by atoms with Crippen LogP contribution < -0.4 is 25.2 Å². The highest BCUT2D eigenvalue weighted by atomic mass is 32.2. The van der Waals surface area contributed by atoms with Crippen LogP contribution in [0.15, 0.2) is 59.8 Å². The summed E-state index contributed by atoms with van der Waals surface area (Å²) in [7, 11) is 0.221. The number of ether oxygens (including phenoxy) is 1. The molecule has 18 heteroatoms. The van der Waals surface area contributed by atoms with Crippen LogP contribution in [0, 0.1) is 0 Å². The Hall–Kier alpha value is -4.94. The van der Waals surface area contributed by atoms with Crippen molar-refractivity contribution in [1.82, 2.24) is 34.3 Å². The number of nitrogens with zero attached hydrogens (tertiary/aromatic N) is 8. The van der Waals surface area contributed by atoms with E-state index in [4.69, 9.17) is 0 Å². The van der Waals surface area contributed by atoms with E-state index in [-0.39, 0.29) is 41.0 Å². The van der Waals surface area contributed by atoms with Crippen molar-refractivity contribution in [3.63, 3.8) is 0 Å². The van der Waals surface area contributed by atoms with Gasteiger partial charge in [-0.25, -0.2) is 23.2 Å². The van der Waals surface area contributed by atoms with Crippen molar-refractivity contribution in [2.45, 2.75) is 68.5 Å². The number of imide groups is 1. The molecule has 0 radical (unpaired) electrons. The van der Waals surface area contributed by atoms with Gasteiger partial charge in [-0.05, 0) is 93.6 Å². The molecule has 3 aliphatic heterocycles. The fraction of sp³-hybridized carbons (Fsp3) is 0.486.